The van der Waals surface area contributed by atoms with Crippen molar-refractivity contribution in [3.63, 3.8) is 0 Å². The van der Waals surface area contributed by atoms with Crippen LogP contribution in [0.2, 0.25) is 0 Å². The fourth-order valence-electron chi connectivity index (χ4n) is 3.02. The summed E-state index contributed by atoms with van der Waals surface area (Å²) >= 11 is 1.80. The molecule has 4 heteroatoms. The molecule has 2 aliphatic rings. The first kappa shape index (κ1) is 13.2. The molecule has 2 bridgehead atoms. The summed E-state index contributed by atoms with van der Waals surface area (Å²) in [5.74, 6) is 0.857. The number of fused-ring (bicyclic) bond motifs is 2. The number of carbonyl (C=O) groups excluding carboxylic acids is 1. The van der Waals surface area contributed by atoms with E-state index in [2.05, 4.69) is 23.8 Å². The van der Waals surface area contributed by atoms with Gasteiger partial charge in [0.2, 0.25) is 5.91 Å². The molecule has 3 unspecified atom stereocenters. The zero-order chi connectivity index (χ0) is 12.3. The maximum atomic E-state index is 11.8. The van der Waals surface area contributed by atoms with E-state index in [1.54, 1.807) is 11.8 Å². The van der Waals surface area contributed by atoms with Gasteiger partial charge in [-0.25, -0.2) is 0 Å². The number of hydrogen-bond acceptors (Lipinski definition) is 3. The van der Waals surface area contributed by atoms with E-state index in [9.17, 15) is 4.79 Å². The molecule has 0 aliphatic carbocycles. The van der Waals surface area contributed by atoms with Gasteiger partial charge in [0.05, 0.1) is 0 Å². The summed E-state index contributed by atoms with van der Waals surface area (Å²) < 4.78 is 0. The number of carbonyl (C=O) groups is 1. The van der Waals surface area contributed by atoms with Crippen LogP contribution in [0.5, 0.6) is 0 Å². The Morgan fingerprint density at radius 1 is 1.41 bits per heavy atom. The van der Waals surface area contributed by atoms with E-state index in [1.165, 1.54) is 25.7 Å². The van der Waals surface area contributed by atoms with Crippen LogP contribution in [0.15, 0.2) is 0 Å². The monoisotopic (exact) mass is 256 g/mol. The largest absolute Gasteiger partial charge is 0.355 e. The van der Waals surface area contributed by atoms with E-state index in [4.69, 9.17) is 0 Å². The molecule has 0 spiro atoms. The second-order valence-corrected chi connectivity index (χ2v) is 6.81. The average molecular weight is 256 g/mol. The van der Waals surface area contributed by atoms with Gasteiger partial charge in [0, 0.05) is 30.3 Å². The van der Waals surface area contributed by atoms with Crippen molar-refractivity contribution in [2.75, 3.05) is 12.8 Å². The summed E-state index contributed by atoms with van der Waals surface area (Å²) in [6, 6.07) is 1.38. The van der Waals surface area contributed by atoms with Gasteiger partial charge < -0.3 is 10.6 Å². The van der Waals surface area contributed by atoms with Crippen molar-refractivity contribution >= 4 is 17.7 Å². The second-order valence-electron chi connectivity index (χ2n) is 5.53. The molecular formula is C13H24N2OS. The predicted octanol–water partition coefficient (Wildman–Crippen LogP) is 1.77. The van der Waals surface area contributed by atoms with Crippen LogP contribution in [0.3, 0.4) is 0 Å². The zero-order valence-electron chi connectivity index (χ0n) is 10.9. The molecule has 2 heterocycles. The minimum absolute atomic E-state index is 0.247. The van der Waals surface area contributed by atoms with Crippen molar-refractivity contribution in [3.8, 4) is 0 Å². The topological polar surface area (TPSA) is 41.1 Å². The van der Waals surface area contributed by atoms with Crippen LogP contribution in [0.25, 0.3) is 0 Å². The van der Waals surface area contributed by atoms with Gasteiger partial charge in [-0.05, 0) is 37.9 Å². The minimum Gasteiger partial charge on any atom is -0.355 e. The number of rotatable bonds is 5. The van der Waals surface area contributed by atoms with Gasteiger partial charge in [-0.2, -0.15) is 11.8 Å². The molecule has 0 saturated carbocycles. The third kappa shape index (κ3) is 3.88. The third-order valence-corrected chi connectivity index (χ3v) is 5.01. The lowest BCUT2D eigenvalue weighted by Gasteiger charge is -2.28. The van der Waals surface area contributed by atoms with Crippen molar-refractivity contribution in [2.45, 2.75) is 56.4 Å². The Balaban J connectivity index is 1.68. The normalized spacial score (nSPS) is 33.4. The zero-order valence-corrected chi connectivity index (χ0v) is 11.7. The molecule has 0 aromatic carbocycles. The van der Waals surface area contributed by atoms with Gasteiger partial charge in [-0.1, -0.05) is 6.92 Å². The smallest absolute Gasteiger partial charge is 0.220 e. The Bertz CT molecular complexity index is 260. The minimum atomic E-state index is 0.247. The molecule has 3 nitrogen and oxygen atoms in total. The summed E-state index contributed by atoms with van der Waals surface area (Å²) in [7, 11) is 0. The lowest BCUT2D eigenvalue weighted by molar-refractivity contribution is -0.122. The van der Waals surface area contributed by atoms with Crippen LogP contribution in [-0.4, -0.2) is 36.0 Å². The Labute approximate surface area is 108 Å². The molecule has 17 heavy (non-hydrogen) atoms. The van der Waals surface area contributed by atoms with Crippen LogP contribution in [0.1, 0.15) is 39.0 Å². The van der Waals surface area contributed by atoms with E-state index in [0.717, 1.165) is 13.0 Å². The molecule has 0 radical (unpaired) electrons. The first-order chi connectivity index (χ1) is 8.17. The van der Waals surface area contributed by atoms with Crippen molar-refractivity contribution < 1.29 is 4.79 Å². The Hall–Kier alpha value is -0.220. The van der Waals surface area contributed by atoms with Crippen molar-refractivity contribution in [2.24, 2.45) is 5.92 Å². The molecule has 2 N–H and O–H groups in total. The molecule has 3 atom stereocenters. The highest BCUT2D eigenvalue weighted by Gasteiger charge is 2.34. The van der Waals surface area contributed by atoms with Gasteiger partial charge in [0.1, 0.15) is 0 Å². The van der Waals surface area contributed by atoms with Gasteiger partial charge in [-0.3, -0.25) is 4.79 Å². The quantitative estimate of drug-likeness (QED) is 0.788. The summed E-state index contributed by atoms with van der Waals surface area (Å²) in [5.41, 5.74) is 0. The van der Waals surface area contributed by atoms with E-state index in [-0.39, 0.29) is 5.91 Å². The summed E-state index contributed by atoms with van der Waals surface area (Å²) in [5, 5.41) is 7.19. The Kier molecular flexibility index (Phi) is 4.74. The standard InChI is InChI=1S/C13H24N2OS/c1-9(17-2)8-14-13(16)7-10-5-11-3-4-12(6-10)15-11/h9-12,15H,3-8H2,1-2H3,(H,14,16). The highest BCUT2D eigenvalue weighted by Crippen LogP contribution is 2.32. The number of hydrogen-bond donors (Lipinski definition) is 2. The van der Waals surface area contributed by atoms with Crippen LogP contribution in [0, 0.1) is 5.92 Å². The van der Waals surface area contributed by atoms with Gasteiger partial charge in [0.15, 0.2) is 0 Å². The highest BCUT2D eigenvalue weighted by atomic mass is 32.2. The van der Waals surface area contributed by atoms with Crippen LogP contribution < -0.4 is 10.6 Å². The molecule has 2 saturated heterocycles. The second kappa shape index (κ2) is 6.10. The summed E-state index contributed by atoms with van der Waals surface area (Å²) in [6.07, 6.45) is 7.83. The predicted molar refractivity (Wildman–Crippen MR) is 73.3 cm³/mol. The van der Waals surface area contributed by atoms with Crippen molar-refractivity contribution in [3.05, 3.63) is 0 Å². The van der Waals surface area contributed by atoms with Gasteiger partial charge in [0.25, 0.3) is 0 Å². The molecule has 2 fully saturated rings. The molecule has 0 aromatic rings. The molecule has 1 amide bonds. The van der Waals surface area contributed by atoms with Crippen molar-refractivity contribution in [1.82, 2.24) is 10.6 Å². The average Bonchev–Trinajstić information content (AvgIpc) is 2.65. The lowest BCUT2D eigenvalue weighted by Crippen LogP contribution is -2.40. The number of amides is 1. The maximum Gasteiger partial charge on any atom is 0.220 e. The first-order valence-electron chi connectivity index (χ1n) is 6.73. The summed E-state index contributed by atoms with van der Waals surface area (Å²) in [6.45, 7) is 2.95. The van der Waals surface area contributed by atoms with Crippen LogP contribution in [-0.2, 0) is 4.79 Å². The van der Waals surface area contributed by atoms with E-state index in [0.29, 0.717) is 23.3 Å². The summed E-state index contributed by atoms with van der Waals surface area (Å²) in [4.78, 5) is 11.8. The lowest BCUT2D eigenvalue weighted by atomic mass is 9.89. The molecule has 0 aromatic heterocycles. The number of piperidine rings is 1. The highest BCUT2D eigenvalue weighted by molar-refractivity contribution is 7.99. The SMILES string of the molecule is CSC(C)CNC(=O)CC1CC2CCC(C1)N2. The Morgan fingerprint density at radius 3 is 2.65 bits per heavy atom. The fourth-order valence-corrected chi connectivity index (χ4v) is 3.27. The van der Waals surface area contributed by atoms with E-state index >= 15 is 0 Å². The van der Waals surface area contributed by atoms with E-state index in [1.807, 2.05) is 0 Å². The third-order valence-electron chi connectivity index (χ3n) is 4.03. The first-order valence-corrected chi connectivity index (χ1v) is 8.01. The molecule has 98 valence electrons. The molecule has 2 aliphatic heterocycles. The Morgan fingerprint density at radius 2 is 2.06 bits per heavy atom. The van der Waals surface area contributed by atoms with E-state index < -0.39 is 0 Å². The van der Waals surface area contributed by atoms with Gasteiger partial charge in [-0.15, -0.1) is 0 Å². The number of thioether (sulfide) groups is 1. The van der Waals surface area contributed by atoms with Crippen molar-refractivity contribution in [1.29, 1.82) is 0 Å². The van der Waals surface area contributed by atoms with Gasteiger partial charge >= 0.3 is 0 Å². The van der Waals surface area contributed by atoms with Crippen LogP contribution in [0.4, 0.5) is 0 Å². The van der Waals surface area contributed by atoms with Crippen LogP contribution >= 0.6 is 11.8 Å². The molecular weight excluding hydrogens is 232 g/mol. The fraction of sp³-hybridized carbons (Fsp3) is 0.923. The maximum absolute atomic E-state index is 11.8. The number of nitrogens with one attached hydrogen (secondary N) is 2. The molecule has 2 rings (SSSR count).